The molecule has 11 nitrogen and oxygen atoms in total. The topological polar surface area (TPSA) is 150 Å². The maximum atomic E-state index is 14.0. The summed E-state index contributed by atoms with van der Waals surface area (Å²) in [5.74, 6) is -1.55. The molecule has 1 aromatic carbocycles. The molecule has 0 spiro atoms. The molecule has 3 aromatic rings. The molecule has 0 atom stereocenters. The van der Waals surface area contributed by atoms with Crippen molar-refractivity contribution in [3.63, 3.8) is 0 Å². The summed E-state index contributed by atoms with van der Waals surface area (Å²) in [5, 5.41) is 16.0. The molecule has 2 N–H and O–H groups in total. The van der Waals surface area contributed by atoms with E-state index in [0.29, 0.717) is 36.8 Å². The Hall–Kier alpha value is -4.15. The molecular weight excluding hydrogens is 525 g/mol. The van der Waals surface area contributed by atoms with Gasteiger partial charge in [0.05, 0.1) is 11.6 Å². The van der Waals surface area contributed by atoms with Gasteiger partial charge in [0.2, 0.25) is 10.0 Å². The average molecular weight is 554 g/mol. The fraction of sp³-hybridized carbons (Fsp3) is 0.346. The number of benzene rings is 1. The summed E-state index contributed by atoms with van der Waals surface area (Å²) >= 11 is 0. The SMILES string of the molecule is CN(CCc1c(C(=O)NCc2ccc(C#N)cc2)nn(C)c1C=O)CC1(S(=O)(=O)Nc2ncccc2F)CC1. The Bertz CT molecular complexity index is 1530. The molecule has 4 rings (SSSR count). The highest BCUT2D eigenvalue weighted by Gasteiger charge is 2.55. The zero-order valence-electron chi connectivity index (χ0n) is 21.5. The molecule has 1 aliphatic carbocycles. The first kappa shape index (κ1) is 27.9. The predicted octanol–water partition coefficient (Wildman–Crippen LogP) is 2.02. The van der Waals surface area contributed by atoms with Crippen molar-refractivity contribution < 1.29 is 22.4 Å². The van der Waals surface area contributed by atoms with Crippen molar-refractivity contribution in [3.8, 4) is 6.07 Å². The van der Waals surface area contributed by atoms with Crippen molar-refractivity contribution in [1.82, 2.24) is 25.0 Å². The Morgan fingerprint density at radius 1 is 1.28 bits per heavy atom. The highest BCUT2D eigenvalue weighted by atomic mass is 32.2. The number of aryl methyl sites for hydroxylation is 1. The van der Waals surface area contributed by atoms with E-state index >= 15 is 0 Å². The van der Waals surface area contributed by atoms with Crippen LogP contribution in [0.15, 0.2) is 42.6 Å². The molecule has 204 valence electrons. The number of aromatic nitrogens is 3. The minimum atomic E-state index is -3.92. The van der Waals surface area contributed by atoms with Gasteiger partial charge in [0.25, 0.3) is 5.91 Å². The van der Waals surface area contributed by atoms with E-state index in [9.17, 15) is 22.4 Å². The predicted molar refractivity (Wildman–Crippen MR) is 141 cm³/mol. The molecule has 2 heterocycles. The van der Waals surface area contributed by atoms with Crippen LogP contribution in [0.4, 0.5) is 10.2 Å². The van der Waals surface area contributed by atoms with Crippen LogP contribution in [0.1, 0.15) is 50.5 Å². The lowest BCUT2D eigenvalue weighted by molar-refractivity contribution is 0.0944. The van der Waals surface area contributed by atoms with Crippen LogP contribution in [0.2, 0.25) is 0 Å². The lowest BCUT2D eigenvalue weighted by Gasteiger charge is -2.24. The largest absolute Gasteiger partial charge is 0.347 e. The van der Waals surface area contributed by atoms with Crippen molar-refractivity contribution in [1.29, 1.82) is 5.26 Å². The second-order valence-corrected chi connectivity index (χ2v) is 11.6. The molecular formula is C26H28FN7O4S. The number of amides is 1. The number of hydrogen-bond donors (Lipinski definition) is 2. The van der Waals surface area contributed by atoms with Gasteiger partial charge in [0.1, 0.15) is 10.4 Å². The number of rotatable bonds is 12. The number of hydrogen-bond acceptors (Lipinski definition) is 8. The third-order valence-corrected chi connectivity index (χ3v) is 8.86. The van der Waals surface area contributed by atoms with Crippen molar-refractivity contribution in [2.75, 3.05) is 24.9 Å². The Morgan fingerprint density at radius 3 is 2.62 bits per heavy atom. The van der Waals surface area contributed by atoms with Crippen LogP contribution in [0.5, 0.6) is 0 Å². The van der Waals surface area contributed by atoms with Crippen LogP contribution < -0.4 is 10.0 Å². The fourth-order valence-electron chi connectivity index (χ4n) is 4.34. The Balaban J connectivity index is 1.41. The number of nitriles is 1. The van der Waals surface area contributed by atoms with Crippen LogP contribution in [0, 0.1) is 17.1 Å². The molecule has 0 bridgehead atoms. The van der Waals surface area contributed by atoms with E-state index in [4.69, 9.17) is 5.26 Å². The molecule has 39 heavy (non-hydrogen) atoms. The van der Waals surface area contributed by atoms with Gasteiger partial charge in [-0.25, -0.2) is 17.8 Å². The first-order chi connectivity index (χ1) is 18.6. The highest BCUT2D eigenvalue weighted by molar-refractivity contribution is 7.94. The van der Waals surface area contributed by atoms with Crippen molar-refractivity contribution in [2.45, 2.75) is 30.6 Å². The summed E-state index contributed by atoms with van der Waals surface area (Å²) in [4.78, 5) is 30.3. The van der Waals surface area contributed by atoms with E-state index in [-0.39, 0.29) is 36.7 Å². The average Bonchev–Trinajstić information content (AvgIpc) is 3.64. The summed E-state index contributed by atoms with van der Waals surface area (Å²) in [6.07, 6.45) is 3.05. The number of likely N-dealkylation sites (N-methyl/N-ethyl adjacent to an activating group) is 1. The molecule has 1 saturated carbocycles. The lowest BCUT2D eigenvalue weighted by Crippen LogP contribution is -2.41. The molecule has 2 aromatic heterocycles. The third-order valence-electron chi connectivity index (χ3n) is 6.73. The number of sulfonamides is 1. The van der Waals surface area contributed by atoms with Crippen LogP contribution in [0.25, 0.3) is 0 Å². The fourth-order valence-corrected chi connectivity index (χ4v) is 5.99. The maximum absolute atomic E-state index is 14.0. The van der Waals surface area contributed by atoms with Gasteiger partial charge in [-0.05, 0) is 56.1 Å². The molecule has 1 amide bonds. The van der Waals surface area contributed by atoms with E-state index < -0.39 is 26.5 Å². The molecule has 1 fully saturated rings. The van der Waals surface area contributed by atoms with E-state index in [2.05, 4.69) is 20.1 Å². The zero-order valence-corrected chi connectivity index (χ0v) is 22.3. The number of pyridine rings is 1. The zero-order chi connectivity index (χ0) is 28.2. The standard InChI is InChI=1S/C26H28FN7O4S/c1-33(17-26(10-11-26)39(37,38)32-24-21(27)4-3-12-29-24)13-9-20-22(16-35)34(2)31-23(20)25(36)30-15-19-7-5-18(14-28)6-8-19/h3-8,12,16H,9-11,13,15,17H2,1-2H3,(H,29,32)(H,30,36). The lowest BCUT2D eigenvalue weighted by atomic mass is 10.1. The smallest absolute Gasteiger partial charge is 0.272 e. The van der Waals surface area contributed by atoms with Gasteiger partial charge in [0, 0.05) is 38.4 Å². The van der Waals surface area contributed by atoms with Crippen LogP contribution in [0.3, 0.4) is 0 Å². The van der Waals surface area contributed by atoms with Crippen LogP contribution >= 0.6 is 0 Å². The van der Waals surface area contributed by atoms with Gasteiger partial charge in [-0.1, -0.05) is 12.1 Å². The molecule has 0 radical (unpaired) electrons. The quantitative estimate of drug-likeness (QED) is 0.324. The van der Waals surface area contributed by atoms with Gasteiger partial charge >= 0.3 is 0 Å². The minimum Gasteiger partial charge on any atom is -0.347 e. The number of aldehydes is 1. The summed E-state index contributed by atoms with van der Waals surface area (Å²) in [5.41, 5.74) is 2.14. The van der Waals surface area contributed by atoms with E-state index in [1.165, 1.54) is 16.9 Å². The second kappa shape index (κ2) is 11.3. The second-order valence-electron chi connectivity index (χ2n) is 9.56. The Kier molecular flexibility index (Phi) is 8.08. The van der Waals surface area contributed by atoms with Gasteiger partial charge in [-0.2, -0.15) is 10.4 Å². The van der Waals surface area contributed by atoms with Crippen molar-refractivity contribution in [2.24, 2.45) is 7.05 Å². The molecule has 0 aliphatic heterocycles. The van der Waals surface area contributed by atoms with Crippen molar-refractivity contribution in [3.05, 3.63) is 76.5 Å². The van der Waals surface area contributed by atoms with E-state index in [0.717, 1.165) is 11.6 Å². The summed E-state index contributed by atoms with van der Waals surface area (Å²) < 4.78 is 42.6. The number of halogens is 1. The minimum absolute atomic E-state index is 0.114. The van der Waals surface area contributed by atoms with Gasteiger partial charge in [0.15, 0.2) is 23.6 Å². The van der Waals surface area contributed by atoms with Gasteiger partial charge in [-0.15, -0.1) is 0 Å². The molecule has 13 heteroatoms. The molecule has 1 aliphatic rings. The Morgan fingerprint density at radius 2 is 2.00 bits per heavy atom. The van der Waals surface area contributed by atoms with Crippen LogP contribution in [-0.4, -0.2) is 65.2 Å². The maximum Gasteiger partial charge on any atom is 0.272 e. The summed E-state index contributed by atoms with van der Waals surface area (Å²) in [6, 6.07) is 11.3. The molecule has 0 saturated heterocycles. The monoisotopic (exact) mass is 553 g/mol. The highest BCUT2D eigenvalue weighted by Crippen LogP contribution is 2.44. The Labute approximate surface area is 225 Å². The number of nitrogens with one attached hydrogen (secondary N) is 2. The first-order valence-electron chi connectivity index (χ1n) is 12.2. The van der Waals surface area contributed by atoms with E-state index in [1.807, 2.05) is 6.07 Å². The number of nitrogens with zero attached hydrogens (tertiary/aromatic N) is 5. The normalized spacial score (nSPS) is 14.0. The molecule has 0 unspecified atom stereocenters. The number of anilines is 1. The summed E-state index contributed by atoms with van der Waals surface area (Å²) in [6.45, 7) is 0.729. The van der Waals surface area contributed by atoms with Gasteiger partial charge < -0.3 is 10.2 Å². The number of carbonyl (C=O) groups is 2. The number of carbonyl (C=O) groups excluding carboxylic acids is 2. The first-order valence-corrected chi connectivity index (χ1v) is 13.7. The third kappa shape index (κ3) is 6.13. The van der Waals surface area contributed by atoms with E-state index in [1.54, 1.807) is 43.3 Å². The van der Waals surface area contributed by atoms with Crippen molar-refractivity contribution >= 4 is 28.0 Å². The van der Waals surface area contributed by atoms with Crippen LogP contribution in [-0.2, 0) is 30.0 Å². The summed E-state index contributed by atoms with van der Waals surface area (Å²) in [7, 11) is -0.599. The van der Waals surface area contributed by atoms with Gasteiger partial charge in [-0.3, -0.25) is 19.0 Å².